The SMILES string of the molecule is CCOCCOC1CN(C(=O)NCc2ccc(C(=O)O)cc2)C1. The average Bonchev–Trinajstić information content (AvgIpc) is 2.51. The van der Waals surface area contributed by atoms with Crippen molar-refractivity contribution in [2.75, 3.05) is 32.9 Å². The lowest BCUT2D eigenvalue weighted by Gasteiger charge is -2.38. The zero-order chi connectivity index (χ0) is 16.7. The Labute approximate surface area is 135 Å². The molecule has 7 heteroatoms. The molecule has 2 rings (SSSR count). The van der Waals surface area contributed by atoms with Crippen molar-refractivity contribution < 1.29 is 24.2 Å². The first-order valence-corrected chi connectivity index (χ1v) is 7.64. The Kier molecular flexibility index (Phi) is 6.37. The molecule has 0 radical (unpaired) electrons. The van der Waals surface area contributed by atoms with Gasteiger partial charge in [0, 0.05) is 13.2 Å². The predicted octanol–water partition coefficient (Wildman–Crippen LogP) is 1.33. The quantitative estimate of drug-likeness (QED) is 0.705. The highest BCUT2D eigenvalue weighted by Gasteiger charge is 2.30. The number of carbonyl (C=O) groups is 2. The molecule has 0 unspecified atom stereocenters. The molecule has 0 saturated carbocycles. The van der Waals surface area contributed by atoms with Crippen molar-refractivity contribution in [2.45, 2.75) is 19.6 Å². The van der Waals surface area contributed by atoms with E-state index in [0.29, 0.717) is 39.5 Å². The zero-order valence-corrected chi connectivity index (χ0v) is 13.2. The monoisotopic (exact) mass is 322 g/mol. The Morgan fingerprint density at radius 2 is 1.96 bits per heavy atom. The van der Waals surface area contributed by atoms with Crippen LogP contribution in [0, 0.1) is 0 Å². The molecule has 2 N–H and O–H groups in total. The van der Waals surface area contributed by atoms with Gasteiger partial charge in [0.15, 0.2) is 0 Å². The third-order valence-electron chi connectivity index (χ3n) is 3.57. The van der Waals surface area contributed by atoms with Crippen molar-refractivity contribution in [3.8, 4) is 0 Å². The molecule has 1 aromatic rings. The fraction of sp³-hybridized carbons (Fsp3) is 0.500. The van der Waals surface area contributed by atoms with Gasteiger partial charge in [-0.15, -0.1) is 0 Å². The molecule has 2 amide bonds. The Morgan fingerprint density at radius 3 is 2.57 bits per heavy atom. The molecule has 0 aliphatic carbocycles. The summed E-state index contributed by atoms with van der Waals surface area (Å²) in [7, 11) is 0. The highest BCUT2D eigenvalue weighted by atomic mass is 16.5. The molecule has 0 bridgehead atoms. The maximum Gasteiger partial charge on any atom is 0.335 e. The lowest BCUT2D eigenvalue weighted by atomic mass is 10.1. The molecule has 7 nitrogen and oxygen atoms in total. The Hall–Kier alpha value is -2.12. The van der Waals surface area contributed by atoms with Crippen molar-refractivity contribution in [3.05, 3.63) is 35.4 Å². The number of nitrogens with one attached hydrogen (secondary N) is 1. The van der Waals surface area contributed by atoms with E-state index in [1.165, 1.54) is 12.1 Å². The van der Waals surface area contributed by atoms with Crippen molar-refractivity contribution in [1.29, 1.82) is 0 Å². The highest BCUT2D eigenvalue weighted by Crippen LogP contribution is 2.12. The van der Waals surface area contributed by atoms with Crippen LogP contribution in [0.2, 0.25) is 0 Å². The molecule has 23 heavy (non-hydrogen) atoms. The molecular weight excluding hydrogens is 300 g/mol. The van der Waals surface area contributed by atoms with Gasteiger partial charge in [0.2, 0.25) is 0 Å². The van der Waals surface area contributed by atoms with Crippen LogP contribution in [0.3, 0.4) is 0 Å². The van der Waals surface area contributed by atoms with Crippen molar-refractivity contribution in [2.24, 2.45) is 0 Å². The van der Waals surface area contributed by atoms with Crippen LogP contribution in [-0.4, -0.2) is 61.0 Å². The lowest BCUT2D eigenvalue weighted by molar-refractivity contribution is -0.0542. The fourth-order valence-corrected chi connectivity index (χ4v) is 2.18. The third kappa shape index (κ3) is 5.22. The van der Waals surface area contributed by atoms with Gasteiger partial charge < -0.3 is 24.8 Å². The molecular formula is C16H22N2O5. The van der Waals surface area contributed by atoms with E-state index in [0.717, 1.165) is 5.56 Å². The van der Waals surface area contributed by atoms with E-state index in [2.05, 4.69) is 5.32 Å². The van der Waals surface area contributed by atoms with E-state index in [4.69, 9.17) is 14.6 Å². The van der Waals surface area contributed by atoms with E-state index in [1.54, 1.807) is 17.0 Å². The van der Waals surface area contributed by atoms with Crippen LogP contribution in [0.25, 0.3) is 0 Å². The summed E-state index contributed by atoms with van der Waals surface area (Å²) in [6.45, 7) is 5.26. The highest BCUT2D eigenvalue weighted by molar-refractivity contribution is 5.87. The fourth-order valence-electron chi connectivity index (χ4n) is 2.18. The minimum atomic E-state index is -0.962. The molecule has 1 fully saturated rings. The summed E-state index contributed by atoms with van der Waals surface area (Å²) in [5, 5.41) is 11.6. The molecule has 0 atom stereocenters. The normalized spacial score (nSPS) is 14.4. The summed E-state index contributed by atoms with van der Waals surface area (Å²) >= 11 is 0. The lowest BCUT2D eigenvalue weighted by Crippen LogP contribution is -2.57. The second kappa shape index (κ2) is 8.50. The molecule has 1 aliphatic heterocycles. The zero-order valence-electron chi connectivity index (χ0n) is 13.2. The number of hydrogen-bond donors (Lipinski definition) is 2. The summed E-state index contributed by atoms with van der Waals surface area (Å²) in [6, 6.07) is 6.29. The summed E-state index contributed by atoms with van der Waals surface area (Å²) in [5.41, 5.74) is 1.09. The first-order chi connectivity index (χ1) is 11.1. The number of nitrogens with zero attached hydrogens (tertiary/aromatic N) is 1. The van der Waals surface area contributed by atoms with Crippen LogP contribution in [-0.2, 0) is 16.0 Å². The van der Waals surface area contributed by atoms with E-state index in [9.17, 15) is 9.59 Å². The van der Waals surface area contributed by atoms with Gasteiger partial charge in [-0.3, -0.25) is 0 Å². The van der Waals surface area contributed by atoms with Gasteiger partial charge in [-0.05, 0) is 24.6 Å². The number of benzene rings is 1. The number of ether oxygens (including phenoxy) is 2. The molecule has 1 aliphatic rings. The number of hydrogen-bond acceptors (Lipinski definition) is 4. The second-order valence-corrected chi connectivity index (χ2v) is 5.26. The van der Waals surface area contributed by atoms with Gasteiger partial charge in [0.1, 0.15) is 0 Å². The number of aromatic carboxylic acids is 1. The molecule has 126 valence electrons. The largest absolute Gasteiger partial charge is 0.478 e. The minimum absolute atomic E-state index is 0.0797. The summed E-state index contributed by atoms with van der Waals surface area (Å²) < 4.78 is 10.7. The van der Waals surface area contributed by atoms with Gasteiger partial charge in [0.25, 0.3) is 0 Å². The van der Waals surface area contributed by atoms with Gasteiger partial charge in [0.05, 0.1) is 38.0 Å². The predicted molar refractivity (Wildman–Crippen MR) is 83.4 cm³/mol. The number of carbonyl (C=O) groups excluding carboxylic acids is 1. The van der Waals surface area contributed by atoms with Crippen LogP contribution in [0.4, 0.5) is 4.79 Å². The molecule has 1 aromatic carbocycles. The van der Waals surface area contributed by atoms with Crippen molar-refractivity contribution >= 4 is 12.0 Å². The molecule has 0 aromatic heterocycles. The van der Waals surface area contributed by atoms with Gasteiger partial charge in [-0.2, -0.15) is 0 Å². The summed E-state index contributed by atoms with van der Waals surface area (Å²) in [6.07, 6.45) is 0.0797. The van der Waals surface area contributed by atoms with Crippen LogP contribution < -0.4 is 5.32 Å². The standard InChI is InChI=1S/C16H22N2O5/c1-2-22-7-8-23-14-10-18(11-14)16(21)17-9-12-3-5-13(6-4-12)15(19)20/h3-6,14H,2,7-11H2,1H3,(H,17,21)(H,19,20). The maximum absolute atomic E-state index is 11.9. The van der Waals surface area contributed by atoms with E-state index in [-0.39, 0.29) is 17.7 Å². The van der Waals surface area contributed by atoms with E-state index >= 15 is 0 Å². The second-order valence-electron chi connectivity index (χ2n) is 5.26. The number of likely N-dealkylation sites (tertiary alicyclic amines) is 1. The van der Waals surface area contributed by atoms with Gasteiger partial charge >= 0.3 is 12.0 Å². The minimum Gasteiger partial charge on any atom is -0.478 e. The number of carboxylic acids is 1. The summed E-state index contributed by atoms with van der Waals surface area (Å²) in [4.78, 5) is 24.4. The van der Waals surface area contributed by atoms with Crippen LogP contribution >= 0.6 is 0 Å². The van der Waals surface area contributed by atoms with Crippen LogP contribution in [0.1, 0.15) is 22.8 Å². The Morgan fingerprint density at radius 1 is 1.26 bits per heavy atom. The number of urea groups is 1. The van der Waals surface area contributed by atoms with Gasteiger partial charge in [-0.1, -0.05) is 12.1 Å². The first kappa shape index (κ1) is 17.2. The van der Waals surface area contributed by atoms with E-state index < -0.39 is 5.97 Å². The first-order valence-electron chi connectivity index (χ1n) is 7.64. The number of rotatable bonds is 8. The average molecular weight is 322 g/mol. The molecule has 1 saturated heterocycles. The van der Waals surface area contributed by atoms with Crippen LogP contribution in [0.5, 0.6) is 0 Å². The maximum atomic E-state index is 11.9. The third-order valence-corrected chi connectivity index (χ3v) is 3.57. The van der Waals surface area contributed by atoms with Gasteiger partial charge in [-0.25, -0.2) is 9.59 Å². The molecule has 1 heterocycles. The summed E-state index contributed by atoms with van der Waals surface area (Å²) in [5.74, 6) is -0.962. The van der Waals surface area contributed by atoms with Crippen molar-refractivity contribution in [1.82, 2.24) is 10.2 Å². The smallest absolute Gasteiger partial charge is 0.335 e. The number of amides is 2. The Balaban J connectivity index is 1.63. The number of carboxylic acid groups (broad SMARTS) is 1. The van der Waals surface area contributed by atoms with Crippen molar-refractivity contribution in [3.63, 3.8) is 0 Å². The topological polar surface area (TPSA) is 88.1 Å². The van der Waals surface area contributed by atoms with Crippen LogP contribution in [0.15, 0.2) is 24.3 Å². The Bertz CT molecular complexity index is 526. The molecule has 0 spiro atoms. The van der Waals surface area contributed by atoms with E-state index in [1.807, 2.05) is 6.92 Å².